The molecular formula is C23H14Cl2F5N3O4. The van der Waals surface area contributed by atoms with Crippen LogP contribution >= 0.6 is 23.2 Å². The topological polar surface area (TPSA) is 93.5 Å². The lowest BCUT2D eigenvalue weighted by atomic mass is 10.00. The Morgan fingerprint density at radius 2 is 1.81 bits per heavy atom. The van der Waals surface area contributed by atoms with Crippen molar-refractivity contribution in [2.45, 2.75) is 31.1 Å². The fraction of sp³-hybridized carbons (Fsp3) is 0.217. The molecule has 0 saturated heterocycles. The van der Waals surface area contributed by atoms with E-state index in [4.69, 9.17) is 32.5 Å². The number of nitrogens with zero attached hydrogens (tertiary/aromatic N) is 3. The number of ether oxygens (including phenoxy) is 1. The Labute approximate surface area is 214 Å². The van der Waals surface area contributed by atoms with Crippen LogP contribution in [0.2, 0.25) is 10.0 Å². The molecule has 2 aromatic carbocycles. The first-order chi connectivity index (χ1) is 17.4. The van der Waals surface area contributed by atoms with Crippen LogP contribution < -0.4 is 0 Å². The van der Waals surface area contributed by atoms with E-state index in [0.29, 0.717) is 29.7 Å². The maximum Gasteiger partial charge on any atom is 0.434 e. The van der Waals surface area contributed by atoms with E-state index < -0.39 is 68.7 Å². The molecule has 7 nitrogen and oxygen atoms in total. The van der Waals surface area contributed by atoms with Gasteiger partial charge in [0, 0.05) is 11.1 Å². The molecule has 0 amide bonds. The second-order valence-electron chi connectivity index (χ2n) is 8.20. The zero-order chi connectivity index (χ0) is 26.7. The standard InChI is InChI=1S/C23H14Cl2F5N3O4/c24-10-2-1-3-12(6-10)33-21(22(28,29)30)14(9-31-33)20-18(23(34,35)36-13-4-5-13)19(32-37-20)17-15(25)7-11(26)8-16(17)27/h1-3,6-9,13,34-35H,4-5H2. The highest BCUT2D eigenvalue weighted by molar-refractivity contribution is 6.33. The zero-order valence-corrected chi connectivity index (χ0v) is 19.7. The molecule has 0 unspecified atom stereocenters. The summed E-state index contributed by atoms with van der Waals surface area (Å²) >= 11 is 11.9. The van der Waals surface area contributed by atoms with Crippen LogP contribution in [0.15, 0.2) is 47.1 Å². The van der Waals surface area contributed by atoms with E-state index in [2.05, 4.69) is 10.3 Å². The predicted molar refractivity (Wildman–Crippen MR) is 120 cm³/mol. The first-order valence-electron chi connectivity index (χ1n) is 10.6. The van der Waals surface area contributed by atoms with Crippen molar-refractivity contribution in [3.63, 3.8) is 0 Å². The number of benzene rings is 2. The molecule has 194 valence electrons. The smallest absolute Gasteiger partial charge is 0.355 e. The molecule has 1 saturated carbocycles. The third kappa shape index (κ3) is 4.82. The van der Waals surface area contributed by atoms with Crippen molar-refractivity contribution in [3.8, 4) is 28.3 Å². The van der Waals surface area contributed by atoms with Gasteiger partial charge in [0.15, 0.2) is 11.5 Å². The van der Waals surface area contributed by atoms with Crippen molar-refractivity contribution in [1.29, 1.82) is 0 Å². The van der Waals surface area contributed by atoms with Crippen LogP contribution in [0.25, 0.3) is 28.3 Å². The van der Waals surface area contributed by atoms with Crippen LogP contribution in [0, 0.1) is 11.6 Å². The highest BCUT2D eigenvalue weighted by atomic mass is 35.5. The van der Waals surface area contributed by atoms with Crippen molar-refractivity contribution < 1.29 is 41.4 Å². The molecule has 0 radical (unpaired) electrons. The Morgan fingerprint density at radius 1 is 1.08 bits per heavy atom. The minimum atomic E-state index is -5.05. The lowest BCUT2D eigenvalue weighted by Crippen LogP contribution is -2.31. The van der Waals surface area contributed by atoms with E-state index in [1.165, 1.54) is 24.3 Å². The molecule has 0 atom stereocenters. The van der Waals surface area contributed by atoms with Crippen molar-refractivity contribution in [2.75, 3.05) is 0 Å². The van der Waals surface area contributed by atoms with Gasteiger partial charge in [0.05, 0.1) is 34.1 Å². The summed E-state index contributed by atoms with van der Waals surface area (Å²) in [6.45, 7) is 0. The molecule has 2 N–H and O–H groups in total. The molecule has 37 heavy (non-hydrogen) atoms. The van der Waals surface area contributed by atoms with E-state index in [-0.39, 0.29) is 10.7 Å². The fourth-order valence-electron chi connectivity index (χ4n) is 3.78. The molecule has 0 spiro atoms. The first-order valence-corrected chi connectivity index (χ1v) is 11.3. The van der Waals surface area contributed by atoms with Gasteiger partial charge in [-0.1, -0.05) is 34.4 Å². The highest BCUT2D eigenvalue weighted by Crippen LogP contribution is 2.47. The minimum absolute atomic E-state index is 0.0616. The van der Waals surface area contributed by atoms with Gasteiger partial charge in [-0.15, -0.1) is 0 Å². The van der Waals surface area contributed by atoms with Gasteiger partial charge in [0.25, 0.3) is 0 Å². The van der Waals surface area contributed by atoms with Gasteiger partial charge in [-0.25, -0.2) is 13.5 Å². The normalized spacial score (nSPS) is 14.4. The van der Waals surface area contributed by atoms with Crippen molar-refractivity contribution in [1.82, 2.24) is 14.9 Å². The van der Waals surface area contributed by atoms with E-state index >= 15 is 0 Å². The van der Waals surface area contributed by atoms with Crippen LogP contribution in [-0.4, -0.2) is 31.3 Å². The number of aliphatic hydroxyl groups is 2. The summed E-state index contributed by atoms with van der Waals surface area (Å²) in [6, 6.07) is 6.56. The summed E-state index contributed by atoms with van der Waals surface area (Å²) in [7, 11) is 0. The van der Waals surface area contributed by atoms with Gasteiger partial charge in [-0.3, -0.25) is 0 Å². The zero-order valence-electron chi connectivity index (χ0n) is 18.2. The van der Waals surface area contributed by atoms with E-state index in [0.717, 1.165) is 6.20 Å². The second kappa shape index (κ2) is 9.07. The minimum Gasteiger partial charge on any atom is -0.355 e. The largest absolute Gasteiger partial charge is 0.434 e. The van der Waals surface area contributed by atoms with Gasteiger partial charge >= 0.3 is 12.1 Å². The van der Waals surface area contributed by atoms with E-state index in [9.17, 15) is 32.2 Å². The molecule has 0 bridgehead atoms. The van der Waals surface area contributed by atoms with E-state index in [1.54, 1.807) is 0 Å². The number of rotatable bonds is 6. The lowest BCUT2D eigenvalue weighted by Gasteiger charge is -2.23. The molecule has 5 rings (SSSR count). The number of alkyl halides is 3. The van der Waals surface area contributed by atoms with Crippen molar-refractivity contribution in [3.05, 3.63) is 75.5 Å². The Balaban J connectivity index is 1.78. The third-order valence-corrected chi connectivity index (χ3v) is 5.99. The fourth-order valence-corrected chi connectivity index (χ4v) is 4.25. The van der Waals surface area contributed by atoms with Crippen LogP contribution in [0.3, 0.4) is 0 Å². The number of hydrogen-bond donors (Lipinski definition) is 2. The Morgan fingerprint density at radius 3 is 2.43 bits per heavy atom. The molecule has 14 heteroatoms. The van der Waals surface area contributed by atoms with Crippen LogP contribution in [0.4, 0.5) is 22.0 Å². The van der Waals surface area contributed by atoms with Crippen LogP contribution in [-0.2, 0) is 16.9 Å². The highest BCUT2D eigenvalue weighted by Gasteiger charge is 2.47. The summed E-state index contributed by atoms with van der Waals surface area (Å²) < 4.78 is 82.3. The number of halogens is 7. The number of hydrogen-bond acceptors (Lipinski definition) is 6. The maximum atomic E-state index is 14.8. The summed E-state index contributed by atoms with van der Waals surface area (Å²) in [5, 5.41) is 28.6. The summed E-state index contributed by atoms with van der Waals surface area (Å²) in [5.41, 5.74) is -4.43. The molecule has 1 fully saturated rings. The molecule has 0 aliphatic heterocycles. The molecular weight excluding hydrogens is 548 g/mol. The predicted octanol–water partition coefficient (Wildman–Crippen LogP) is 6.07. The Hall–Kier alpha value is -3.03. The average molecular weight is 562 g/mol. The maximum absolute atomic E-state index is 14.8. The molecule has 4 aromatic rings. The summed E-state index contributed by atoms with van der Waals surface area (Å²) in [4.78, 5) is 0. The quantitative estimate of drug-likeness (QED) is 0.219. The van der Waals surface area contributed by atoms with Gasteiger partial charge in [-0.05, 0) is 37.1 Å². The van der Waals surface area contributed by atoms with Gasteiger partial charge in [0.2, 0.25) is 0 Å². The van der Waals surface area contributed by atoms with E-state index in [1.807, 2.05) is 0 Å². The molecule has 1 aliphatic carbocycles. The van der Waals surface area contributed by atoms with Gasteiger partial charge in [0.1, 0.15) is 22.9 Å². The number of aromatic nitrogens is 3. The Bertz CT molecular complexity index is 1480. The van der Waals surface area contributed by atoms with Crippen molar-refractivity contribution >= 4 is 23.2 Å². The molecule has 1 aliphatic rings. The first kappa shape index (κ1) is 25.6. The lowest BCUT2D eigenvalue weighted by molar-refractivity contribution is -0.354. The van der Waals surface area contributed by atoms with Crippen LogP contribution in [0.5, 0.6) is 0 Å². The van der Waals surface area contributed by atoms with Gasteiger partial charge in [-0.2, -0.15) is 18.3 Å². The molecule has 2 aromatic heterocycles. The van der Waals surface area contributed by atoms with Crippen LogP contribution in [0.1, 0.15) is 24.1 Å². The van der Waals surface area contributed by atoms with Crippen molar-refractivity contribution in [2.24, 2.45) is 0 Å². The monoisotopic (exact) mass is 561 g/mol. The summed E-state index contributed by atoms with van der Waals surface area (Å²) in [6.07, 6.45) is -4.07. The molecule has 2 heterocycles. The average Bonchev–Trinajstić information content (AvgIpc) is 3.29. The summed E-state index contributed by atoms with van der Waals surface area (Å²) in [5.74, 6) is -6.45. The second-order valence-corrected chi connectivity index (χ2v) is 9.05. The third-order valence-electron chi connectivity index (χ3n) is 5.45. The Kier molecular flexibility index (Phi) is 6.28. The van der Waals surface area contributed by atoms with Gasteiger partial charge < -0.3 is 19.5 Å². The SMILES string of the molecule is OC(O)(OC1CC1)c1c(-c2c(F)cc(F)cc2Cl)noc1-c1cnn(-c2cccc(Cl)c2)c1C(F)(F)F.